The molecule has 0 aromatic rings. The number of hydrogen-bond donors (Lipinski definition) is 1. The molecule has 0 amide bonds. The highest BCUT2D eigenvalue weighted by molar-refractivity contribution is 7.80. The molecule has 15 heavy (non-hydrogen) atoms. The molecule has 0 radical (unpaired) electrons. The van der Waals surface area contributed by atoms with Crippen LogP contribution in [-0.2, 0) is 4.74 Å². The molecule has 0 bridgehead atoms. The van der Waals surface area contributed by atoms with Crippen LogP contribution in [0.1, 0.15) is 38.5 Å². The third kappa shape index (κ3) is 4.68. The second-order valence-corrected chi connectivity index (χ2v) is 4.79. The standard InChI is InChI=1S/C11H20F2OS/c12-10(13)7-14-8-11(9-15)5-3-1-2-4-6-11/h10,15H,1-9H2. The highest BCUT2D eigenvalue weighted by Crippen LogP contribution is 2.36. The first-order chi connectivity index (χ1) is 7.18. The fourth-order valence-electron chi connectivity index (χ4n) is 2.19. The monoisotopic (exact) mass is 238 g/mol. The summed E-state index contributed by atoms with van der Waals surface area (Å²) in [5, 5.41) is 0. The Kier molecular flexibility index (Phi) is 5.90. The minimum atomic E-state index is -2.35. The quantitative estimate of drug-likeness (QED) is 0.569. The summed E-state index contributed by atoms with van der Waals surface area (Å²) in [5.74, 6) is 0.746. The van der Waals surface area contributed by atoms with Crippen molar-refractivity contribution in [1.82, 2.24) is 0 Å². The Bertz CT molecular complexity index is 168. The lowest BCUT2D eigenvalue weighted by Crippen LogP contribution is -2.29. The molecule has 0 aromatic heterocycles. The minimum absolute atomic E-state index is 0.0501. The lowest BCUT2D eigenvalue weighted by atomic mass is 9.83. The molecule has 0 unspecified atom stereocenters. The largest absolute Gasteiger partial charge is 0.375 e. The summed E-state index contributed by atoms with van der Waals surface area (Å²) >= 11 is 4.35. The van der Waals surface area contributed by atoms with E-state index in [4.69, 9.17) is 4.74 Å². The first-order valence-corrected chi connectivity index (χ1v) is 6.28. The van der Waals surface area contributed by atoms with Crippen molar-refractivity contribution < 1.29 is 13.5 Å². The zero-order chi connectivity index (χ0) is 11.1. The number of halogens is 2. The smallest absolute Gasteiger partial charge is 0.261 e. The average Bonchev–Trinajstić information content (AvgIpc) is 2.44. The first-order valence-electron chi connectivity index (χ1n) is 5.65. The van der Waals surface area contributed by atoms with Crippen LogP contribution in [0, 0.1) is 5.41 Å². The van der Waals surface area contributed by atoms with Crippen molar-refractivity contribution in [3.63, 3.8) is 0 Å². The van der Waals surface area contributed by atoms with Crippen molar-refractivity contribution in [3.8, 4) is 0 Å². The first kappa shape index (κ1) is 13.2. The molecule has 0 spiro atoms. The van der Waals surface area contributed by atoms with E-state index in [0.29, 0.717) is 6.61 Å². The van der Waals surface area contributed by atoms with Crippen LogP contribution >= 0.6 is 12.6 Å². The molecule has 0 heterocycles. The molecule has 1 aliphatic carbocycles. The lowest BCUT2D eigenvalue weighted by molar-refractivity contribution is -0.0191. The van der Waals surface area contributed by atoms with Crippen LogP contribution in [0.15, 0.2) is 0 Å². The van der Waals surface area contributed by atoms with Gasteiger partial charge in [-0.1, -0.05) is 25.7 Å². The summed E-state index contributed by atoms with van der Waals surface area (Å²) in [5.41, 5.74) is 0.0501. The van der Waals surface area contributed by atoms with Gasteiger partial charge in [0.05, 0.1) is 6.61 Å². The third-order valence-electron chi connectivity index (χ3n) is 3.15. The minimum Gasteiger partial charge on any atom is -0.375 e. The van der Waals surface area contributed by atoms with Crippen LogP contribution < -0.4 is 0 Å². The zero-order valence-electron chi connectivity index (χ0n) is 9.05. The molecule has 1 saturated carbocycles. The van der Waals surface area contributed by atoms with Crippen molar-refractivity contribution in [2.45, 2.75) is 45.0 Å². The number of alkyl halides is 2. The lowest BCUT2D eigenvalue weighted by Gasteiger charge is -2.30. The Morgan fingerprint density at radius 2 is 1.73 bits per heavy atom. The van der Waals surface area contributed by atoms with Gasteiger partial charge in [0.1, 0.15) is 6.61 Å². The fourth-order valence-corrected chi connectivity index (χ4v) is 2.60. The van der Waals surface area contributed by atoms with E-state index in [-0.39, 0.29) is 5.41 Å². The van der Waals surface area contributed by atoms with Gasteiger partial charge < -0.3 is 4.74 Å². The summed E-state index contributed by atoms with van der Waals surface area (Å²) in [6.45, 7) is 0.0103. The average molecular weight is 238 g/mol. The molecule has 1 nitrogen and oxygen atoms in total. The summed E-state index contributed by atoms with van der Waals surface area (Å²) in [6, 6.07) is 0. The molecule has 1 aliphatic rings. The summed E-state index contributed by atoms with van der Waals surface area (Å²) < 4.78 is 29.0. The van der Waals surface area contributed by atoms with E-state index in [0.717, 1.165) is 18.6 Å². The highest BCUT2D eigenvalue weighted by atomic mass is 32.1. The predicted molar refractivity (Wildman–Crippen MR) is 60.8 cm³/mol. The van der Waals surface area contributed by atoms with Gasteiger partial charge in [-0.05, 0) is 18.6 Å². The van der Waals surface area contributed by atoms with Gasteiger partial charge in [-0.25, -0.2) is 8.78 Å². The molecule has 0 N–H and O–H groups in total. The molecular formula is C11H20F2OS. The normalized spacial score (nSPS) is 21.6. The van der Waals surface area contributed by atoms with Crippen LogP contribution in [0.2, 0.25) is 0 Å². The summed E-state index contributed by atoms with van der Waals surface area (Å²) in [7, 11) is 0. The Balaban J connectivity index is 2.36. The van der Waals surface area contributed by atoms with Crippen molar-refractivity contribution in [1.29, 1.82) is 0 Å². The van der Waals surface area contributed by atoms with Crippen LogP contribution in [0.4, 0.5) is 8.78 Å². The van der Waals surface area contributed by atoms with Gasteiger partial charge in [0, 0.05) is 5.41 Å². The van der Waals surface area contributed by atoms with Crippen LogP contribution in [0.25, 0.3) is 0 Å². The Hall–Kier alpha value is 0.170. The zero-order valence-corrected chi connectivity index (χ0v) is 9.95. The topological polar surface area (TPSA) is 9.23 Å². The number of ether oxygens (including phenoxy) is 1. The van der Waals surface area contributed by atoms with Gasteiger partial charge in [-0.3, -0.25) is 0 Å². The van der Waals surface area contributed by atoms with Gasteiger partial charge >= 0.3 is 0 Å². The van der Waals surface area contributed by atoms with E-state index >= 15 is 0 Å². The van der Waals surface area contributed by atoms with Gasteiger partial charge in [0.2, 0.25) is 0 Å². The van der Waals surface area contributed by atoms with Crippen LogP contribution in [0.3, 0.4) is 0 Å². The second kappa shape index (κ2) is 6.69. The Morgan fingerprint density at radius 3 is 2.20 bits per heavy atom. The van der Waals surface area contributed by atoms with E-state index in [2.05, 4.69) is 12.6 Å². The van der Waals surface area contributed by atoms with E-state index < -0.39 is 13.0 Å². The van der Waals surface area contributed by atoms with Gasteiger partial charge in [0.15, 0.2) is 0 Å². The summed E-state index contributed by atoms with van der Waals surface area (Å²) in [6.07, 6.45) is 4.65. The maximum Gasteiger partial charge on any atom is 0.261 e. The van der Waals surface area contributed by atoms with Gasteiger partial charge in [-0.15, -0.1) is 0 Å². The molecule has 4 heteroatoms. The second-order valence-electron chi connectivity index (χ2n) is 4.48. The maximum absolute atomic E-state index is 12.0. The molecule has 90 valence electrons. The van der Waals surface area contributed by atoms with Gasteiger partial charge in [0.25, 0.3) is 6.43 Å². The van der Waals surface area contributed by atoms with E-state index in [1.165, 1.54) is 25.7 Å². The Morgan fingerprint density at radius 1 is 1.13 bits per heavy atom. The SMILES string of the molecule is FC(F)COCC1(CS)CCCCCC1. The number of rotatable bonds is 5. The molecular weight excluding hydrogens is 218 g/mol. The predicted octanol–water partition coefficient (Wildman–Crippen LogP) is 3.54. The van der Waals surface area contributed by atoms with Crippen LogP contribution in [0.5, 0.6) is 0 Å². The van der Waals surface area contributed by atoms with E-state index in [1.54, 1.807) is 0 Å². The van der Waals surface area contributed by atoms with E-state index in [1.807, 2.05) is 0 Å². The maximum atomic E-state index is 12.0. The van der Waals surface area contributed by atoms with Gasteiger partial charge in [-0.2, -0.15) is 12.6 Å². The molecule has 0 atom stereocenters. The van der Waals surface area contributed by atoms with Crippen molar-refractivity contribution in [3.05, 3.63) is 0 Å². The summed E-state index contributed by atoms with van der Waals surface area (Å²) in [4.78, 5) is 0. The van der Waals surface area contributed by atoms with Crippen molar-refractivity contribution in [2.75, 3.05) is 19.0 Å². The molecule has 0 aliphatic heterocycles. The van der Waals surface area contributed by atoms with Crippen molar-refractivity contribution >= 4 is 12.6 Å². The number of thiol groups is 1. The van der Waals surface area contributed by atoms with E-state index in [9.17, 15) is 8.78 Å². The fraction of sp³-hybridized carbons (Fsp3) is 1.00. The third-order valence-corrected chi connectivity index (χ3v) is 3.82. The molecule has 1 fully saturated rings. The molecule has 0 saturated heterocycles. The Labute approximate surface area is 96.0 Å². The molecule has 1 rings (SSSR count). The number of hydrogen-bond acceptors (Lipinski definition) is 2. The van der Waals surface area contributed by atoms with Crippen LogP contribution in [-0.4, -0.2) is 25.4 Å². The highest BCUT2D eigenvalue weighted by Gasteiger charge is 2.30. The molecule has 0 aromatic carbocycles. The van der Waals surface area contributed by atoms with Crippen molar-refractivity contribution in [2.24, 2.45) is 5.41 Å².